The number of aryl methyl sites for hydroxylation is 1. The van der Waals surface area contributed by atoms with Crippen LogP contribution in [0.1, 0.15) is 18.4 Å². The molecule has 0 aliphatic rings. The first-order valence-electron chi connectivity index (χ1n) is 8.29. The van der Waals surface area contributed by atoms with Crippen molar-refractivity contribution in [2.45, 2.75) is 19.8 Å². The number of nitrogens with one attached hydrogen (secondary N) is 2. The number of hydrogen-bond donors (Lipinski definition) is 2. The Kier molecular flexibility index (Phi) is 7.88. The Morgan fingerprint density at radius 2 is 1.78 bits per heavy atom. The Morgan fingerprint density at radius 3 is 2.52 bits per heavy atom. The van der Waals surface area contributed by atoms with Crippen molar-refractivity contribution in [2.24, 2.45) is 0 Å². The van der Waals surface area contributed by atoms with Gasteiger partial charge >= 0.3 is 0 Å². The van der Waals surface area contributed by atoms with Gasteiger partial charge in [-0.05, 0) is 49.2 Å². The SMILES string of the molecule is Cc1cc(Cl)ccc1OCCCC(=O)NNC(=O)COc1ccccc1F. The second-order valence-electron chi connectivity index (χ2n) is 5.68. The summed E-state index contributed by atoms with van der Waals surface area (Å²) >= 11 is 5.87. The molecule has 6 nitrogen and oxygen atoms in total. The molecule has 8 heteroatoms. The molecule has 0 spiro atoms. The molecule has 2 rings (SSSR count). The average molecular weight is 395 g/mol. The van der Waals surface area contributed by atoms with Crippen LogP contribution in [-0.2, 0) is 9.59 Å². The van der Waals surface area contributed by atoms with E-state index in [1.165, 1.54) is 18.2 Å². The molecule has 0 heterocycles. The van der Waals surface area contributed by atoms with Gasteiger partial charge in [0.2, 0.25) is 5.91 Å². The number of ether oxygens (including phenoxy) is 2. The summed E-state index contributed by atoms with van der Waals surface area (Å²) in [5.74, 6) is -0.859. The van der Waals surface area contributed by atoms with Gasteiger partial charge in [0.1, 0.15) is 5.75 Å². The van der Waals surface area contributed by atoms with Crippen molar-refractivity contribution in [3.05, 3.63) is 58.9 Å². The van der Waals surface area contributed by atoms with E-state index in [9.17, 15) is 14.0 Å². The van der Waals surface area contributed by atoms with Gasteiger partial charge in [-0.2, -0.15) is 0 Å². The molecule has 144 valence electrons. The lowest BCUT2D eigenvalue weighted by Crippen LogP contribution is -2.43. The van der Waals surface area contributed by atoms with Gasteiger partial charge in [0, 0.05) is 11.4 Å². The molecule has 0 aliphatic heterocycles. The predicted molar refractivity (Wildman–Crippen MR) is 99.1 cm³/mol. The first kappa shape index (κ1) is 20.5. The fourth-order valence-corrected chi connectivity index (χ4v) is 2.36. The molecular formula is C19H20ClFN2O4. The maximum absolute atomic E-state index is 13.3. The molecule has 0 fully saturated rings. The van der Waals surface area contributed by atoms with Crippen LogP contribution in [0.5, 0.6) is 11.5 Å². The van der Waals surface area contributed by atoms with Gasteiger partial charge in [0.05, 0.1) is 6.61 Å². The number of amides is 2. The number of carbonyl (C=O) groups excluding carboxylic acids is 2. The van der Waals surface area contributed by atoms with Gasteiger partial charge in [-0.15, -0.1) is 0 Å². The smallest absolute Gasteiger partial charge is 0.276 e. The van der Waals surface area contributed by atoms with Crippen molar-refractivity contribution in [1.82, 2.24) is 10.9 Å². The normalized spacial score (nSPS) is 10.2. The van der Waals surface area contributed by atoms with E-state index in [0.29, 0.717) is 23.8 Å². The zero-order valence-corrected chi connectivity index (χ0v) is 15.5. The number of para-hydroxylation sites is 1. The van der Waals surface area contributed by atoms with E-state index in [0.717, 1.165) is 5.56 Å². The van der Waals surface area contributed by atoms with E-state index in [2.05, 4.69) is 10.9 Å². The highest BCUT2D eigenvalue weighted by Crippen LogP contribution is 2.21. The van der Waals surface area contributed by atoms with E-state index in [1.807, 2.05) is 6.92 Å². The molecule has 0 saturated carbocycles. The second-order valence-corrected chi connectivity index (χ2v) is 6.11. The van der Waals surface area contributed by atoms with Gasteiger partial charge < -0.3 is 9.47 Å². The molecule has 0 atom stereocenters. The van der Waals surface area contributed by atoms with Crippen molar-refractivity contribution in [1.29, 1.82) is 0 Å². The third kappa shape index (κ3) is 7.15. The number of halogens is 2. The highest BCUT2D eigenvalue weighted by atomic mass is 35.5. The third-order valence-corrected chi connectivity index (χ3v) is 3.71. The van der Waals surface area contributed by atoms with Crippen LogP contribution in [0.3, 0.4) is 0 Å². The number of rotatable bonds is 8. The maximum atomic E-state index is 13.3. The monoisotopic (exact) mass is 394 g/mol. The Bertz CT molecular complexity index is 801. The highest BCUT2D eigenvalue weighted by molar-refractivity contribution is 6.30. The zero-order chi connectivity index (χ0) is 19.6. The van der Waals surface area contributed by atoms with Crippen molar-refractivity contribution in [3.8, 4) is 11.5 Å². The molecule has 2 aromatic carbocycles. The molecule has 0 aliphatic carbocycles. The summed E-state index contributed by atoms with van der Waals surface area (Å²) in [6.07, 6.45) is 0.636. The number of benzene rings is 2. The summed E-state index contributed by atoms with van der Waals surface area (Å²) < 4.78 is 24.0. The van der Waals surface area contributed by atoms with E-state index < -0.39 is 18.3 Å². The van der Waals surface area contributed by atoms with Crippen LogP contribution in [0.2, 0.25) is 5.02 Å². The maximum Gasteiger partial charge on any atom is 0.276 e. The van der Waals surface area contributed by atoms with Crippen molar-refractivity contribution in [2.75, 3.05) is 13.2 Å². The van der Waals surface area contributed by atoms with Crippen LogP contribution in [-0.4, -0.2) is 25.0 Å². The average Bonchev–Trinajstić information content (AvgIpc) is 2.64. The van der Waals surface area contributed by atoms with Crippen LogP contribution >= 0.6 is 11.6 Å². The fourth-order valence-electron chi connectivity index (χ4n) is 2.13. The molecule has 0 unspecified atom stereocenters. The molecule has 2 aromatic rings. The Morgan fingerprint density at radius 1 is 1.04 bits per heavy atom. The summed E-state index contributed by atoms with van der Waals surface area (Å²) in [4.78, 5) is 23.3. The molecule has 27 heavy (non-hydrogen) atoms. The van der Waals surface area contributed by atoms with E-state index in [4.69, 9.17) is 21.1 Å². The minimum absolute atomic E-state index is 0.0337. The fraction of sp³-hybridized carbons (Fsp3) is 0.263. The van der Waals surface area contributed by atoms with Gasteiger partial charge in [-0.3, -0.25) is 20.4 Å². The summed E-state index contributed by atoms with van der Waals surface area (Å²) in [5.41, 5.74) is 5.38. The Hall–Kier alpha value is -2.80. The quantitative estimate of drug-likeness (QED) is 0.532. The molecule has 0 bridgehead atoms. The Labute approximate surface area is 161 Å². The minimum atomic E-state index is -0.598. The largest absolute Gasteiger partial charge is 0.493 e. The van der Waals surface area contributed by atoms with Crippen LogP contribution in [0.25, 0.3) is 0 Å². The molecular weight excluding hydrogens is 375 g/mol. The molecule has 0 aromatic heterocycles. The summed E-state index contributed by atoms with van der Waals surface area (Å²) in [6.45, 7) is 1.81. The van der Waals surface area contributed by atoms with Gasteiger partial charge in [-0.1, -0.05) is 23.7 Å². The summed E-state index contributed by atoms with van der Waals surface area (Å²) in [7, 11) is 0. The minimum Gasteiger partial charge on any atom is -0.493 e. The van der Waals surface area contributed by atoms with Crippen molar-refractivity contribution >= 4 is 23.4 Å². The predicted octanol–water partition coefficient (Wildman–Crippen LogP) is 3.17. The zero-order valence-electron chi connectivity index (χ0n) is 14.8. The lowest BCUT2D eigenvalue weighted by Gasteiger charge is -2.10. The van der Waals surface area contributed by atoms with Crippen molar-refractivity contribution < 1.29 is 23.5 Å². The molecule has 0 saturated heterocycles. The van der Waals surface area contributed by atoms with Crippen LogP contribution in [0, 0.1) is 12.7 Å². The van der Waals surface area contributed by atoms with E-state index in [-0.39, 0.29) is 18.1 Å². The van der Waals surface area contributed by atoms with Crippen LogP contribution < -0.4 is 20.3 Å². The van der Waals surface area contributed by atoms with Crippen molar-refractivity contribution in [3.63, 3.8) is 0 Å². The third-order valence-electron chi connectivity index (χ3n) is 3.48. The van der Waals surface area contributed by atoms with Crippen LogP contribution in [0.4, 0.5) is 4.39 Å². The molecule has 0 radical (unpaired) electrons. The first-order valence-corrected chi connectivity index (χ1v) is 8.67. The summed E-state index contributed by atoms with van der Waals surface area (Å²) in [6, 6.07) is 11.0. The first-order chi connectivity index (χ1) is 13.0. The number of hydrogen-bond acceptors (Lipinski definition) is 4. The summed E-state index contributed by atoms with van der Waals surface area (Å²) in [5, 5.41) is 0.633. The molecule has 2 N–H and O–H groups in total. The van der Waals surface area contributed by atoms with E-state index >= 15 is 0 Å². The van der Waals surface area contributed by atoms with Gasteiger partial charge in [-0.25, -0.2) is 4.39 Å². The van der Waals surface area contributed by atoms with Crippen LogP contribution in [0.15, 0.2) is 42.5 Å². The number of hydrazine groups is 1. The highest BCUT2D eigenvalue weighted by Gasteiger charge is 2.08. The Balaban J connectivity index is 1.60. The molecule has 2 amide bonds. The topological polar surface area (TPSA) is 76.7 Å². The lowest BCUT2D eigenvalue weighted by molar-refractivity contribution is -0.130. The standard InChI is InChI=1S/C19H20ClFN2O4/c1-13-11-14(20)8-9-16(13)26-10-4-7-18(24)22-23-19(25)12-27-17-6-3-2-5-15(17)21/h2-3,5-6,8-9,11H,4,7,10,12H2,1H3,(H,22,24)(H,23,25). The second kappa shape index (κ2) is 10.4. The van der Waals surface area contributed by atoms with E-state index in [1.54, 1.807) is 24.3 Å². The van der Waals surface area contributed by atoms with Gasteiger partial charge in [0.25, 0.3) is 5.91 Å². The number of carbonyl (C=O) groups is 2. The van der Waals surface area contributed by atoms with Gasteiger partial charge in [0.15, 0.2) is 18.2 Å². The lowest BCUT2D eigenvalue weighted by atomic mass is 10.2.